The predicted octanol–water partition coefficient (Wildman–Crippen LogP) is 2.82. The first kappa shape index (κ1) is 16.0. The summed E-state index contributed by atoms with van der Waals surface area (Å²) in [4.78, 5) is 0. The van der Waals surface area contributed by atoms with Gasteiger partial charge in [-0.2, -0.15) is 5.10 Å². The molecule has 1 heterocycles. The summed E-state index contributed by atoms with van der Waals surface area (Å²) in [5.74, 6) is 0.523. The molecule has 7 heteroatoms. The molecule has 0 amide bonds. The molecule has 1 aromatic heterocycles. The molecule has 0 aliphatic carbocycles. The minimum atomic E-state index is -0.437. The molecule has 0 aliphatic rings. The minimum absolute atomic E-state index is 0.195. The number of methoxy groups -OCH3 is 1. The van der Waals surface area contributed by atoms with Crippen LogP contribution in [0.2, 0.25) is 0 Å². The van der Waals surface area contributed by atoms with E-state index in [2.05, 4.69) is 15.8 Å². The molecule has 0 spiro atoms. The van der Waals surface area contributed by atoms with Gasteiger partial charge < -0.3 is 14.5 Å². The molecule has 0 radical (unpaired) electrons. The highest BCUT2D eigenvalue weighted by atomic mass is 32.1. The molecule has 0 bridgehead atoms. The number of benzene rings is 1. The van der Waals surface area contributed by atoms with Crippen LogP contribution in [0.15, 0.2) is 46.1 Å². The van der Waals surface area contributed by atoms with Gasteiger partial charge in [0.15, 0.2) is 16.7 Å². The Bertz CT molecular complexity index is 671. The van der Waals surface area contributed by atoms with Crippen molar-refractivity contribution in [2.75, 3.05) is 7.11 Å². The Labute approximate surface area is 133 Å². The van der Waals surface area contributed by atoms with Crippen molar-refractivity contribution in [1.29, 1.82) is 0 Å². The number of furan rings is 1. The highest BCUT2D eigenvalue weighted by Gasteiger charge is 2.06. The maximum Gasteiger partial charge on any atom is 0.187 e. The largest absolute Gasteiger partial charge is 0.494 e. The predicted molar refractivity (Wildman–Crippen MR) is 86.4 cm³/mol. The molecule has 0 saturated heterocycles. The lowest BCUT2D eigenvalue weighted by molar-refractivity contribution is 0.386. The molecular weight excluding hydrogens is 305 g/mol. The Kier molecular flexibility index (Phi) is 5.48. The van der Waals surface area contributed by atoms with E-state index < -0.39 is 5.82 Å². The zero-order valence-electron chi connectivity index (χ0n) is 12.2. The third-order valence-electron chi connectivity index (χ3n) is 2.90. The van der Waals surface area contributed by atoms with Gasteiger partial charge in [-0.15, -0.1) is 0 Å². The van der Waals surface area contributed by atoms with Crippen LogP contribution in [-0.4, -0.2) is 17.9 Å². The highest BCUT2D eigenvalue weighted by Crippen LogP contribution is 2.17. The van der Waals surface area contributed by atoms with E-state index >= 15 is 0 Å². The van der Waals surface area contributed by atoms with Gasteiger partial charge in [0.2, 0.25) is 0 Å². The first-order valence-electron chi connectivity index (χ1n) is 6.54. The third-order valence-corrected chi connectivity index (χ3v) is 3.13. The fraction of sp³-hybridized carbons (Fsp3) is 0.200. The molecule has 2 N–H and O–H groups in total. The van der Waals surface area contributed by atoms with Gasteiger partial charge in [0.05, 0.1) is 25.6 Å². The Hall–Kier alpha value is -2.41. The number of ether oxygens (including phenoxy) is 1. The Morgan fingerprint density at radius 1 is 1.41 bits per heavy atom. The average Bonchev–Trinajstić information content (AvgIpc) is 3.03. The third kappa shape index (κ3) is 4.29. The van der Waals surface area contributed by atoms with E-state index in [1.807, 2.05) is 6.07 Å². The molecule has 0 saturated carbocycles. The molecule has 0 fully saturated rings. The summed E-state index contributed by atoms with van der Waals surface area (Å²) in [5.41, 5.74) is 3.94. The van der Waals surface area contributed by atoms with Crippen LogP contribution in [0.3, 0.4) is 0 Å². The zero-order valence-corrected chi connectivity index (χ0v) is 13.0. The normalized spacial score (nSPS) is 11.1. The fourth-order valence-corrected chi connectivity index (χ4v) is 1.83. The average molecular weight is 321 g/mol. The molecule has 0 unspecified atom stereocenters. The number of nitrogens with zero attached hydrogens (tertiary/aromatic N) is 1. The number of hydrazone groups is 1. The number of hydrogen-bond donors (Lipinski definition) is 2. The zero-order chi connectivity index (χ0) is 15.9. The van der Waals surface area contributed by atoms with Crippen molar-refractivity contribution in [2.24, 2.45) is 5.10 Å². The van der Waals surface area contributed by atoms with Crippen molar-refractivity contribution < 1.29 is 13.5 Å². The van der Waals surface area contributed by atoms with Gasteiger partial charge in [0.25, 0.3) is 0 Å². The molecular formula is C15H16FN3O2S. The Balaban J connectivity index is 1.91. The lowest BCUT2D eigenvalue weighted by atomic mass is 10.1. The van der Waals surface area contributed by atoms with Gasteiger partial charge in [0, 0.05) is 5.56 Å². The second-order valence-corrected chi connectivity index (χ2v) is 4.83. The maximum atomic E-state index is 13.6. The number of hydrogen-bond acceptors (Lipinski definition) is 4. The Morgan fingerprint density at radius 2 is 2.23 bits per heavy atom. The van der Waals surface area contributed by atoms with Crippen molar-refractivity contribution in [2.45, 2.75) is 13.5 Å². The second-order valence-electron chi connectivity index (χ2n) is 4.42. The van der Waals surface area contributed by atoms with Gasteiger partial charge in [-0.3, -0.25) is 5.43 Å². The summed E-state index contributed by atoms with van der Waals surface area (Å²) >= 11 is 5.10. The lowest BCUT2D eigenvalue weighted by Gasteiger charge is -2.08. The van der Waals surface area contributed by atoms with Gasteiger partial charge >= 0.3 is 0 Å². The van der Waals surface area contributed by atoms with Crippen molar-refractivity contribution in [3.8, 4) is 5.75 Å². The molecule has 116 valence electrons. The van der Waals surface area contributed by atoms with Crippen LogP contribution in [0.5, 0.6) is 5.75 Å². The van der Waals surface area contributed by atoms with Crippen LogP contribution >= 0.6 is 12.2 Å². The standard InChI is InChI=1S/C15H16FN3O2S/c1-10(11-5-6-14(20-2)13(16)8-11)18-19-15(22)17-9-12-4-3-7-21-12/h3-8H,9H2,1-2H3,(H2,17,19,22)/b18-10-. The van der Waals surface area contributed by atoms with E-state index in [1.54, 1.807) is 31.4 Å². The molecule has 2 rings (SSSR count). The fourth-order valence-electron chi connectivity index (χ4n) is 1.71. The van der Waals surface area contributed by atoms with Crippen molar-refractivity contribution in [1.82, 2.24) is 10.7 Å². The number of rotatable bonds is 5. The lowest BCUT2D eigenvalue weighted by Crippen LogP contribution is -2.32. The van der Waals surface area contributed by atoms with Crippen LogP contribution in [0.4, 0.5) is 4.39 Å². The Morgan fingerprint density at radius 3 is 2.86 bits per heavy atom. The van der Waals surface area contributed by atoms with Crippen molar-refractivity contribution in [3.63, 3.8) is 0 Å². The van der Waals surface area contributed by atoms with Crippen LogP contribution in [0, 0.1) is 5.82 Å². The van der Waals surface area contributed by atoms with Crippen LogP contribution in [0.25, 0.3) is 0 Å². The highest BCUT2D eigenvalue weighted by molar-refractivity contribution is 7.80. The summed E-state index contributed by atoms with van der Waals surface area (Å²) in [7, 11) is 1.42. The quantitative estimate of drug-likeness (QED) is 0.504. The number of halogens is 1. The summed E-state index contributed by atoms with van der Waals surface area (Å²) in [6.07, 6.45) is 1.59. The van der Waals surface area contributed by atoms with Crippen LogP contribution in [-0.2, 0) is 6.54 Å². The summed E-state index contributed by atoms with van der Waals surface area (Å²) in [5, 5.41) is 7.41. The van der Waals surface area contributed by atoms with E-state index in [9.17, 15) is 4.39 Å². The first-order chi connectivity index (χ1) is 10.6. The van der Waals surface area contributed by atoms with E-state index in [-0.39, 0.29) is 5.75 Å². The van der Waals surface area contributed by atoms with Crippen LogP contribution < -0.4 is 15.5 Å². The molecule has 22 heavy (non-hydrogen) atoms. The molecule has 1 aromatic carbocycles. The summed E-state index contributed by atoms with van der Waals surface area (Å²) in [6, 6.07) is 8.27. The number of nitrogens with one attached hydrogen (secondary N) is 2. The van der Waals surface area contributed by atoms with Gasteiger partial charge in [-0.25, -0.2) is 4.39 Å². The van der Waals surface area contributed by atoms with E-state index in [1.165, 1.54) is 13.2 Å². The van der Waals surface area contributed by atoms with Crippen molar-refractivity contribution >= 4 is 23.0 Å². The first-order valence-corrected chi connectivity index (χ1v) is 6.95. The van der Waals surface area contributed by atoms with Crippen LogP contribution in [0.1, 0.15) is 18.2 Å². The van der Waals surface area contributed by atoms with Gasteiger partial charge in [-0.05, 0) is 49.5 Å². The molecule has 2 aromatic rings. The van der Waals surface area contributed by atoms with Crippen molar-refractivity contribution in [3.05, 3.63) is 53.7 Å². The summed E-state index contributed by atoms with van der Waals surface area (Å²) in [6.45, 7) is 2.22. The minimum Gasteiger partial charge on any atom is -0.494 e. The molecule has 5 nitrogen and oxygen atoms in total. The number of thiocarbonyl (C=S) groups is 1. The summed E-state index contributed by atoms with van der Waals surface area (Å²) < 4.78 is 23.7. The topological polar surface area (TPSA) is 58.8 Å². The van der Waals surface area contributed by atoms with E-state index in [0.717, 1.165) is 5.76 Å². The molecule has 0 atom stereocenters. The van der Waals surface area contributed by atoms with Gasteiger partial charge in [-0.1, -0.05) is 0 Å². The SMILES string of the molecule is COc1ccc(/C(C)=N\NC(=S)NCc2ccco2)cc1F. The molecule has 0 aliphatic heterocycles. The van der Waals surface area contributed by atoms with E-state index in [4.69, 9.17) is 21.4 Å². The maximum absolute atomic E-state index is 13.6. The monoisotopic (exact) mass is 321 g/mol. The second kappa shape index (κ2) is 7.56. The van der Waals surface area contributed by atoms with E-state index in [0.29, 0.717) is 22.9 Å². The smallest absolute Gasteiger partial charge is 0.187 e. The van der Waals surface area contributed by atoms with Gasteiger partial charge in [0.1, 0.15) is 5.76 Å².